The molecule has 0 aliphatic rings. The largest absolute Gasteiger partial charge is 0.491 e. The van der Waals surface area contributed by atoms with Gasteiger partial charge in [0.25, 0.3) is 5.91 Å². The molecule has 1 N–H and O–H groups in total. The van der Waals surface area contributed by atoms with Gasteiger partial charge in [-0.1, -0.05) is 48.5 Å². The minimum atomic E-state index is -3.49. The fourth-order valence-corrected chi connectivity index (χ4v) is 4.58. The first-order valence-electron chi connectivity index (χ1n) is 10.8. The first kappa shape index (κ1) is 24.3. The predicted molar refractivity (Wildman–Crippen MR) is 132 cm³/mol. The Labute approximate surface area is 196 Å². The van der Waals surface area contributed by atoms with Crippen LogP contribution in [0.15, 0.2) is 72.8 Å². The normalized spacial score (nSPS) is 12.1. The molecule has 0 spiro atoms. The van der Waals surface area contributed by atoms with Crippen LogP contribution in [-0.4, -0.2) is 33.2 Å². The van der Waals surface area contributed by atoms with Crippen molar-refractivity contribution in [2.45, 2.75) is 33.4 Å². The lowest BCUT2D eigenvalue weighted by Crippen LogP contribution is -2.36. The lowest BCUT2D eigenvalue weighted by Gasteiger charge is -2.26. The van der Waals surface area contributed by atoms with Gasteiger partial charge in [-0.25, -0.2) is 8.42 Å². The molecule has 7 heteroatoms. The molecule has 3 aromatic rings. The minimum Gasteiger partial charge on any atom is -0.491 e. The molecule has 33 heavy (non-hydrogen) atoms. The molecule has 0 aliphatic carbocycles. The number of carbonyl (C=O) groups excluding carboxylic acids is 1. The van der Waals surface area contributed by atoms with Crippen LogP contribution >= 0.6 is 0 Å². The maximum absolute atomic E-state index is 12.6. The van der Waals surface area contributed by atoms with E-state index in [0.29, 0.717) is 17.9 Å². The molecule has 0 unspecified atom stereocenters. The molecule has 174 valence electrons. The van der Waals surface area contributed by atoms with Crippen LogP contribution in [0.1, 0.15) is 34.0 Å². The Morgan fingerprint density at radius 2 is 1.55 bits per heavy atom. The molecule has 0 heterocycles. The van der Waals surface area contributed by atoms with E-state index < -0.39 is 10.0 Å². The summed E-state index contributed by atoms with van der Waals surface area (Å²) < 4.78 is 32.2. The molecule has 0 aliphatic heterocycles. The van der Waals surface area contributed by atoms with Gasteiger partial charge in [-0.05, 0) is 61.7 Å². The lowest BCUT2D eigenvalue weighted by atomic mass is 10.1. The monoisotopic (exact) mass is 466 g/mol. The van der Waals surface area contributed by atoms with Crippen LogP contribution in [0.2, 0.25) is 0 Å². The second-order valence-electron chi connectivity index (χ2n) is 8.21. The van der Waals surface area contributed by atoms with Crippen molar-refractivity contribution >= 4 is 21.6 Å². The van der Waals surface area contributed by atoms with Gasteiger partial charge in [-0.3, -0.25) is 9.10 Å². The van der Waals surface area contributed by atoms with Gasteiger partial charge in [0, 0.05) is 5.56 Å². The van der Waals surface area contributed by atoms with Gasteiger partial charge in [0.1, 0.15) is 12.4 Å². The van der Waals surface area contributed by atoms with Crippen LogP contribution in [-0.2, 0) is 16.6 Å². The number of para-hydroxylation sites is 2. The zero-order valence-corrected chi connectivity index (χ0v) is 20.2. The average Bonchev–Trinajstić information content (AvgIpc) is 2.77. The molecular weight excluding hydrogens is 436 g/mol. The van der Waals surface area contributed by atoms with E-state index in [2.05, 4.69) is 5.32 Å². The fourth-order valence-electron chi connectivity index (χ4n) is 3.58. The van der Waals surface area contributed by atoms with Crippen LogP contribution < -0.4 is 14.4 Å². The summed E-state index contributed by atoms with van der Waals surface area (Å²) in [7, 11) is -3.49. The summed E-state index contributed by atoms with van der Waals surface area (Å²) in [5, 5.41) is 2.92. The minimum absolute atomic E-state index is 0.179. The van der Waals surface area contributed by atoms with Crippen molar-refractivity contribution in [2.24, 2.45) is 0 Å². The number of nitrogens with one attached hydrogen (secondary N) is 1. The van der Waals surface area contributed by atoms with Crippen molar-refractivity contribution in [1.82, 2.24) is 5.32 Å². The van der Waals surface area contributed by atoms with Gasteiger partial charge in [-0.15, -0.1) is 0 Å². The van der Waals surface area contributed by atoms with Crippen LogP contribution in [0.4, 0.5) is 5.69 Å². The summed E-state index contributed by atoms with van der Waals surface area (Å²) in [6, 6.07) is 22.0. The predicted octanol–water partition coefficient (Wildman–Crippen LogP) is 4.47. The highest BCUT2D eigenvalue weighted by Gasteiger charge is 2.21. The second kappa shape index (κ2) is 10.5. The van der Waals surface area contributed by atoms with Crippen molar-refractivity contribution in [3.63, 3.8) is 0 Å². The van der Waals surface area contributed by atoms with Crippen LogP contribution in [0.3, 0.4) is 0 Å². The maximum Gasteiger partial charge on any atom is 0.251 e. The molecule has 0 bridgehead atoms. The van der Waals surface area contributed by atoms with Gasteiger partial charge in [0.05, 0.1) is 24.5 Å². The lowest BCUT2D eigenvalue weighted by molar-refractivity contribution is 0.0926. The number of benzene rings is 3. The summed E-state index contributed by atoms with van der Waals surface area (Å²) in [6.07, 6.45) is 1.21. The maximum atomic E-state index is 12.6. The molecule has 0 aromatic heterocycles. The molecule has 0 fully saturated rings. The zero-order valence-electron chi connectivity index (χ0n) is 19.4. The number of amides is 1. The molecule has 3 aromatic carbocycles. The van der Waals surface area contributed by atoms with Crippen LogP contribution in [0.5, 0.6) is 5.75 Å². The Balaban J connectivity index is 1.66. The van der Waals surface area contributed by atoms with Gasteiger partial charge in [0.15, 0.2) is 0 Å². The molecular formula is C26H30N2O4S. The average molecular weight is 467 g/mol. The summed E-state index contributed by atoms with van der Waals surface area (Å²) in [5.74, 6) is 0.544. The van der Waals surface area contributed by atoms with Crippen molar-refractivity contribution in [2.75, 3.05) is 17.2 Å². The number of sulfonamides is 1. The van der Waals surface area contributed by atoms with E-state index in [4.69, 9.17) is 4.74 Å². The van der Waals surface area contributed by atoms with Gasteiger partial charge >= 0.3 is 0 Å². The quantitative estimate of drug-likeness (QED) is 0.505. The third kappa shape index (κ3) is 6.58. The second-order valence-corrected chi connectivity index (χ2v) is 10.1. The Morgan fingerprint density at radius 1 is 0.939 bits per heavy atom. The van der Waals surface area contributed by atoms with Gasteiger partial charge in [-0.2, -0.15) is 0 Å². The zero-order chi connectivity index (χ0) is 24.0. The molecule has 0 saturated heterocycles. The third-order valence-corrected chi connectivity index (χ3v) is 6.36. The summed E-state index contributed by atoms with van der Waals surface area (Å²) >= 11 is 0. The van der Waals surface area contributed by atoms with Crippen LogP contribution in [0, 0.1) is 13.8 Å². The van der Waals surface area contributed by atoms with E-state index in [9.17, 15) is 13.2 Å². The number of hydrogen-bond acceptors (Lipinski definition) is 4. The summed E-state index contributed by atoms with van der Waals surface area (Å²) in [4.78, 5) is 12.6. The Bertz CT molecular complexity index is 1170. The molecule has 3 rings (SSSR count). The van der Waals surface area contributed by atoms with E-state index in [0.717, 1.165) is 22.4 Å². The fraction of sp³-hybridized carbons (Fsp3) is 0.269. The van der Waals surface area contributed by atoms with E-state index in [1.54, 1.807) is 24.3 Å². The van der Waals surface area contributed by atoms with Crippen molar-refractivity contribution in [3.05, 3.63) is 95.1 Å². The molecule has 0 saturated carbocycles. The number of hydrogen-bond donors (Lipinski definition) is 1. The number of ether oxygens (including phenoxy) is 1. The Hall–Kier alpha value is -3.32. The van der Waals surface area contributed by atoms with Crippen LogP contribution in [0.25, 0.3) is 0 Å². The third-order valence-electron chi connectivity index (χ3n) is 5.25. The highest BCUT2D eigenvalue weighted by atomic mass is 32.2. The van der Waals surface area contributed by atoms with Crippen molar-refractivity contribution in [1.29, 1.82) is 0 Å². The summed E-state index contributed by atoms with van der Waals surface area (Å²) in [5.41, 5.74) is 3.77. The standard InChI is InChI=1S/C26H30N2O4S/c1-19-9-8-10-20(2)25(19)28(33(4,30)31)17-22-13-15-23(16-14-22)26(29)27-21(3)18-32-24-11-6-5-7-12-24/h5-16,21H,17-18H2,1-4H3,(H,27,29)/t21-/m0/s1. The smallest absolute Gasteiger partial charge is 0.251 e. The topological polar surface area (TPSA) is 75.7 Å². The summed E-state index contributed by atoms with van der Waals surface area (Å²) in [6.45, 7) is 6.22. The Morgan fingerprint density at radius 3 is 2.12 bits per heavy atom. The van der Waals surface area contributed by atoms with Crippen molar-refractivity contribution in [3.8, 4) is 5.75 Å². The van der Waals surface area contributed by atoms with E-state index in [1.807, 2.05) is 69.3 Å². The highest BCUT2D eigenvalue weighted by molar-refractivity contribution is 7.92. The molecule has 0 radical (unpaired) electrons. The SMILES string of the molecule is Cc1cccc(C)c1N(Cc1ccc(C(=O)N[C@@H](C)COc2ccccc2)cc1)S(C)(=O)=O. The van der Waals surface area contributed by atoms with Gasteiger partial charge in [0.2, 0.25) is 10.0 Å². The first-order chi connectivity index (χ1) is 15.6. The molecule has 6 nitrogen and oxygen atoms in total. The number of carbonyl (C=O) groups is 1. The van der Waals surface area contributed by atoms with E-state index in [1.165, 1.54) is 10.6 Å². The Kier molecular flexibility index (Phi) is 7.76. The van der Waals surface area contributed by atoms with E-state index >= 15 is 0 Å². The first-order valence-corrected chi connectivity index (χ1v) is 12.6. The van der Waals surface area contributed by atoms with E-state index in [-0.39, 0.29) is 18.5 Å². The van der Waals surface area contributed by atoms with Crippen molar-refractivity contribution < 1.29 is 17.9 Å². The molecule has 1 amide bonds. The number of anilines is 1. The number of aryl methyl sites for hydroxylation is 2. The number of nitrogens with zero attached hydrogens (tertiary/aromatic N) is 1. The number of rotatable bonds is 9. The molecule has 1 atom stereocenters. The van der Waals surface area contributed by atoms with Gasteiger partial charge < -0.3 is 10.1 Å². The highest BCUT2D eigenvalue weighted by Crippen LogP contribution is 2.28.